The van der Waals surface area contributed by atoms with Gasteiger partial charge in [-0.05, 0) is 61.1 Å². The largest absolute Gasteiger partial charge is 0.507 e. The number of phenols is 2. The molecule has 4 N–H and O–H groups in total. The van der Waals surface area contributed by atoms with Crippen molar-refractivity contribution in [2.75, 3.05) is 0 Å². The first-order valence-electron chi connectivity index (χ1n) is 13.1. The Hall–Kier alpha value is -3.02. The number of phenolic OH excluding ortho intramolecular Hbond substituents is 2. The molecule has 0 aliphatic carbocycles. The van der Waals surface area contributed by atoms with Crippen molar-refractivity contribution in [1.82, 2.24) is 0 Å². The van der Waals surface area contributed by atoms with Gasteiger partial charge in [-0.2, -0.15) is 0 Å². The topological polar surface area (TPSA) is 106 Å². The van der Waals surface area contributed by atoms with E-state index in [0.29, 0.717) is 0 Å². The van der Waals surface area contributed by atoms with Crippen LogP contribution in [0.15, 0.2) is 46.7 Å². The first-order valence-corrected chi connectivity index (χ1v) is 13.1. The van der Waals surface area contributed by atoms with Crippen molar-refractivity contribution in [1.29, 1.82) is 0 Å². The second-order valence-corrected chi connectivity index (χ2v) is 9.28. The first kappa shape index (κ1) is 28.2. The molecule has 0 saturated heterocycles. The summed E-state index contributed by atoms with van der Waals surface area (Å²) in [4.78, 5) is 0. The summed E-state index contributed by atoms with van der Waals surface area (Å²) in [6, 6.07) is 10.3. The fourth-order valence-corrected chi connectivity index (χ4v) is 4.36. The molecule has 2 rings (SSSR count). The van der Waals surface area contributed by atoms with Gasteiger partial charge in [0.15, 0.2) is 0 Å². The zero-order valence-electron chi connectivity index (χ0n) is 21.3. The van der Waals surface area contributed by atoms with Crippen molar-refractivity contribution in [2.45, 2.75) is 97.3 Å². The van der Waals surface area contributed by atoms with Gasteiger partial charge in [0.25, 0.3) is 0 Å². The summed E-state index contributed by atoms with van der Waals surface area (Å²) < 4.78 is 0. The molecule has 2 aromatic carbocycles. The predicted octanol–water partition coefficient (Wildman–Crippen LogP) is 7.57. The van der Waals surface area contributed by atoms with Crippen LogP contribution >= 0.6 is 0 Å². The van der Waals surface area contributed by atoms with E-state index in [1.807, 2.05) is 12.1 Å². The number of nitrogens with zero attached hydrogens (tertiary/aromatic N) is 2. The highest BCUT2D eigenvalue weighted by atomic mass is 16.4. The summed E-state index contributed by atoms with van der Waals surface area (Å²) >= 11 is 0. The lowest BCUT2D eigenvalue weighted by Gasteiger charge is -2.13. The molecule has 0 fully saturated rings. The Morgan fingerprint density at radius 3 is 1.31 bits per heavy atom. The zero-order valence-corrected chi connectivity index (χ0v) is 21.3. The average molecular weight is 483 g/mol. The number of unbranched alkanes of at least 4 members (excludes halogenated alkanes) is 9. The molecule has 0 aliphatic rings. The molecule has 6 nitrogen and oxygen atoms in total. The predicted molar refractivity (Wildman–Crippen MR) is 142 cm³/mol. The molecule has 0 bridgehead atoms. The lowest BCUT2D eigenvalue weighted by molar-refractivity contribution is 0.314. The average Bonchev–Trinajstić information content (AvgIpc) is 2.87. The van der Waals surface area contributed by atoms with E-state index in [1.54, 1.807) is 24.3 Å². The molecule has 0 spiro atoms. The molecule has 0 aliphatic heterocycles. The van der Waals surface area contributed by atoms with Gasteiger partial charge in [0.1, 0.15) is 22.9 Å². The highest BCUT2D eigenvalue weighted by molar-refractivity contribution is 6.54. The van der Waals surface area contributed by atoms with Crippen LogP contribution in [0.5, 0.6) is 11.5 Å². The van der Waals surface area contributed by atoms with Crippen LogP contribution in [0.4, 0.5) is 0 Å². The lowest BCUT2D eigenvalue weighted by Crippen LogP contribution is -2.18. The van der Waals surface area contributed by atoms with Crippen molar-refractivity contribution in [2.24, 2.45) is 10.3 Å². The Bertz CT molecular complexity index is 969. The molecule has 0 amide bonds. The van der Waals surface area contributed by atoms with Crippen molar-refractivity contribution in [3.05, 3.63) is 58.7 Å². The van der Waals surface area contributed by atoms with Gasteiger partial charge in [0.05, 0.1) is 0 Å². The van der Waals surface area contributed by atoms with E-state index in [4.69, 9.17) is 0 Å². The van der Waals surface area contributed by atoms with Crippen molar-refractivity contribution >= 4 is 11.4 Å². The highest BCUT2D eigenvalue weighted by Gasteiger charge is 2.22. The van der Waals surface area contributed by atoms with Gasteiger partial charge in [-0.3, -0.25) is 0 Å². The Kier molecular flexibility index (Phi) is 12.7. The molecule has 0 heterocycles. The number of rotatable bonds is 16. The molecule has 192 valence electrons. The van der Waals surface area contributed by atoms with Crippen LogP contribution in [-0.4, -0.2) is 32.1 Å². The first-order chi connectivity index (χ1) is 17.0. The minimum Gasteiger partial charge on any atom is -0.507 e. The van der Waals surface area contributed by atoms with Crippen molar-refractivity contribution in [3.63, 3.8) is 0 Å². The van der Waals surface area contributed by atoms with E-state index in [0.717, 1.165) is 49.7 Å². The summed E-state index contributed by atoms with van der Waals surface area (Å²) in [6.45, 7) is 4.39. The molecule has 2 aromatic rings. The second-order valence-electron chi connectivity index (χ2n) is 9.28. The third-order valence-electron chi connectivity index (χ3n) is 6.44. The monoisotopic (exact) mass is 482 g/mol. The Morgan fingerprint density at radius 1 is 0.571 bits per heavy atom. The number of benzene rings is 2. The standard InChI is InChI=1S/C29H42N2O4/c1-3-5-7-9-11-13-15-23-17-19-27(33)25(21-23)29(31-35)28(30-34)24-20-22(16-18-26(24)32)14-12-10-8-6-4-2/h16-21,32-35H,3-15H2,1-2H3. The molecular weight excluding hydrogens is 440 g/mol. The van der Waals surface area contributed by atoms with Crippen LogP contribution in [0.3, 0.4) is 0 Å². The van der Waals surface area contributed by atoms with Gasteiger partial charge >= 0.3 is 0 Å². The SMILES string of the molecule is CCCCCCCCc1ccc(O)c(C(=NO)C(=NO)c2cc(CCCCCCC)ccc2O)c1. The maximum absolute atomic E-state index is 10.5. The third-order valence-corrected chi connectivity index (χ3v) is 6.44. The number of aromatic hydroxyl groups is 2. The normalized spacial score (nSPS) is 12.3. The Balaban J connectivity index is 2.19. The van der Waals surface area contributed by atoms with Gasteiger partial charge in [-0.25, -0.2) is 0 Å². The van der Waals surface area contributed by atoms with Gasteiger partial charge < -0.3 is 20.6 Å². The van der Waals surface area contributed by atoms with Crippen LogP contribution < -0.4 is 0 Å². The Labute approximate surface area is 210 Å². The fraction of sp³-hybridized carbons (Fsp3) is 0.517. The summed E-state index contributed by atoms with van der Waals surface area (Å²) in [7, 11) is 0. The van der Waals surface area contributed by atoms with E-state index >= 15 is 0 Å². The van der Waals surface area contributed by atoms with Crippen LogP contribution in [0.25, 0.3) is 0 Å². The van der Waals surface area contributed by atoms with Crippen LogP contribution in [0, 0.1) is 0 Å². The van der Waals surface area contributed by atoms with Crippen LogP contribution in [0.2, 0.25) is 0 Å². The second kappa shape index (κ2) is 15.8. The summed E-state index contributed by atoms with van der Waals surface area (Å²) in [5.41, 5.74) is 2.32. The molecule has 6 heteroatoms. The van der Waals surface area contributed by atoms with Crippen molar-refractivity contribution < 1.29 is 20.6 Å². The van der Waals surface area contributed by atoms with Gasteiger partial charge in [-0.15, -0.1) is 0 Å². The molecule has 0 atom stereocenters. The van der Waals surface area contributed by atoms with Gasteiger partial charge in [0, 0.05) is 11.1 Å². The number of hydrogen-bond acceptors (Lipinski definition) is 6. The number of hydrogen-bond donors (Lipinski definition) is 4. The molecule has 0 radical (unpaired) electrons. The summed E-state index contributed by atoms with van der Waals surface area (Å²) in [5, 5.41) is 47.4. The summed E-state index contributed by atoms with van der Waals surface area (Å²) in [6.07, 6.45) is 14.5. The minimum atomic E-state index is -0.0927. The smallest absolute Gasteiger partial charge is 0.143 e. The molecule has 0 aromatic heterocycles. The quantitative estimate of drug-likeness (QED) is 0.0856. The van der Waals surface area contributed by atoms with E-state index < -0.39 is 0 Å². The maximum atomic E-state index is 10.5. The van der Waals surface area contributed by atoms with E-state index in [2.05, 4.69) is 24.2 Å². The number of aryl methyl sites for hydroxylation is 2. The fourth-order valence-electron chi connectivity index (χ4n) is 4.36. The lowest BCUT2D eigenvalue weighted by atomic mass is 9.94. The van der Waals surface area contributed by atoms with Gasteiger partial charge in [-0.1, -0.05) is 94.1 Å². The summed E-state index contributed by atoms with van der Waals surface area (Å²) in [5.74, 6) is -0.173. The molecule has 0 saturated carbocycles. The van der Waals surface area contributed by atoms with E-state index in [1.165, 1.54) is 44.9 Å². The van der Waals surface area contributed by atoms with Crippen molar-refractivity contribution in [3.8, 4) is 11.5 Å². The molecule has 0 unspecified atom stereocenters. The van der Waals surface area contributed by atoms with Crippen LogP contribution in [0.1, 0.15) is 107 Å². The maximum Gasteiger partial charge on any atom is 0.143 e. The minimum absolute atomic E-state index is 0.0859. The molecular formula is C29H42N2O4. The number of oxime groups is 2. The highest BCUT2D eigenvalue weighted by Crippen LogP contribution is 2.27. The van der Waals surface area contributed by atoms with E-state index in [-0.39, 0.29) is 34.0 Å². The van der Waals surface area contributed by atoms with Crippen LogP contribution in [-0.2, 0) is 12.8 Å². The zero-order chi connectivity index (χ0) is 25.5. The van der Waals surface area contributed by atoms with Gasteiger partial charge in [0.2, 0.25) is 0 Å². The Morgan fingerprint density at radius 2 is 0.943 bits per heavy atom. The molecule has 35 heavy (non-hydrogen) atoms. The third kappa shape index (κ3) is 8.93. The van der Waals surface area contributed by atoms with E-state index in [9.17, 15) is 20.6 Å².